The molecular weight excluding hydrogens is 318 g/mol. The molecule has 1 nitrogen and oxygen atoms in total. The van der Waals surface area contributed by atoms with E-state index >= 15 is 0 Å². The topological polar surface area (TPSA) is 3.24 Å². The Labute approximate surface area is 121 Å². The molecule has 0 saturated heterocycles. The lowest BCUT2D eigenvalue weighted by atomic mass is 9.94. The highest BCUT2D eigenvalue weighted by Gasteiger charge is 2.21. The molecule has 0 bridgehead atoms. The SMILES string of the molecule is ClCCN(Cc1cc(Br)cs1)C1CCCCC1. The number of halogens is 2. The fourth-order valence-electron chi connectivity index (χ4n) is 2.58. The predicted octanol–water partition coefficient (Wildman–Crippen LogP) is 4.88. The van der Waals surface area contributed by atoms with E-state index in [9.17, 15) is 0 Å². The molecule has 1 aromatic heterocycles. The van der Waals surface area contributed by atoms with Crippen LogP contribution in [0.1, 0.15) is 37.0 Å². The molecule has 1 aromatic rings. The third kappa shape index (κ3) is 4.23. The molecule has 0 radical (unpaired) electrons. The van der Waals surface area contributed by atoms with E-state index < -0.39 is 0 Å². The third-order valence-electron chi connectivity index (χ3n) is 3.44. The van der Waals surface area contributed by atoms with E-state index in [1.54, 1.807) is 0 Å². The van der Waals surface area contributed by atoms with Crippen LogP contribution >= 0.6 is 38.9 Å². The van der Waals surface area contributed by atoms with Crippen LogP contribution in [0, 0.1) is 0 Å². The Balaban J connectivity index is 1.95. The first kappa shape index (κ1) is 13.9. The highest BCUT2D eigenvalue weighted by molar-refractivity contribution is 9.10. The molecule has 0 atom stereocenters. The lowest BCUT2D eigenvalue weighted by molar-refractivity contribution is 0.158. The van der Waals surface area contributed by atoms with E-state index in [0.29, 0.717) is 0 Å². The van der Waals surface area contributed by atoms with Crippen LogP contribution in [0.2, 0.25) is 0 Å². The first-order valence-electron chi connectivity index (χ1n) is 6.32. The van der Waals surface area contributed by atoms with Crippen LogP contribution in [-0.2, 0) is 6.54 Å². The first-order valence-corrected chi connectivity index (χ1v) is 8.53. The molecule has 1 fully saturated rings. The number of alkyl halides is 1. The highest BCUT2D eigenvalue weighted by atomic mass is 79.9. The number of rotatable bonds is 5. The Morgan fingerprint density at radius 3 is 2.71 bits per heavy atom. The number of thiophene rings is 1. The Kier molecular flexibility index (Phi) is 5.81. The van der Waals surface area contributed by atoms with Crippen molar-refractivity contribution in [2.24, 2.45) is 0 Å². The maximum Gasteiger partial charge on any atom is 0.0351 e. The van der Waals surface area contributed by atoms with Crippen molar-refractivity contribution in [2.45, 2.75) is 44.7 Å². The largest absolute Gasteiger partial charge is 0.294 e. The van der Waals surface area contributed by atoms with Gasteiger partial charge in [-0.2, -0.15) is 0 Å². The zero-order chi connectivity index (χ0) is 12.1. The van der Waals surface area contributed by atoms with Gasteiger partial charge >= 0.3 is 0 Å². The summed E-state index contributed by atoms with van der Waals surface area (Å²) in [7, 11) is 0. The van der Waals surface area contributed by atoms with Gasteiger partial charge in [-0.15, -0.1) is 22.9 Å². The summed E-state index contributed by atoms with van der Waals surface area (Å²) in [6.07, 6.45) is 6.89. The van der Waals surface area contributed by atoms with E-state index in [0.717, 1.165) is 25.0 Å². The standard InChI is InChI=1S/C13H19BrClNS/c14-11-8-13(17-10-11)9-16(7-6-15)12-4-2-1-3-5-12/h8,10,12H,1-7,9H2. The Bertz CT molecular complexity index is 336. The molecule has 1 saturated carbocycles. The van der Waals surface area contributed by atoms with Gasteiger partial charge in [0.1, 0.15) is 0 Å². The van der Waals surface area contributed by atoms with Crippen LogP contribution in [0.5, 0.6) is 0 Å². The van der Waals surface area contributed by atoms with Crippen molar-refractivity contribution >= 4 is 38.9 Å². The minimum Gasteiger partial charge on any atom is -0.294 e. The van der Waals surface area contributed by atoms with Crippen molar-refractivity contribution in [2.75, 3.05) is 12.4 Å². The van der Waals surface area contributed by atoms with Crippen molar-refractivity contribution in [3.8, 4) is 0 Å². The molecule has 1 aliphatic rings. The summed E-state index contributed by atoms with van der Waals surface area (Å²) >= 11 is 11.3. The van der Waals surface area contributed by atoms with E-state index in [2.05, 4.69) is 32.3 Å². The van der Waals surface area contributed by atoms with E-state index in [1.165, 1.54) is 41.5 Å². The normalized spacial score (nSPS) is 17.8. The van der Waals surface area contributed by atoms with Crippen LogP contribution < -0.4 is 0 Å². The van der Waals surface area contributed by atoms with Crippen LogP contribution in [-0.4, -0.2) is 23.4 Å². The van der Waals surface area contributed by atoms with Crippen molar-refractivity contribution < 1.29 is 0 Å². The van der Waals surface area contributed by atoms with Gasteiger partial charge < -0.3 is 0 Å². The summed E-state index contributed by atoms with van der Waals surface area (Å²) in [6.45, 7) is 2.08. The smallest absolute Gasteiger partial charge is 0.0351 e. The maximum absolute atomic E-state index is 5.94. The molecule has 0 amide bonds. The second-order valence-electron chi connectivity index (χ2n) is 4.68. The van der Waals surface area contributed by atoms with Crippen LogP contribution in [0.25, 0.3) is 0 Å². The zero-order valence-corrected chi connectivity index (χ0v) is 13.2. The van der Waals surface area contributed by atoms with Gasteiger partial charge in [0.2, 0.25) is 0 Å². The average Bonchev–Trinajstić information content (AvgIpc) is 2.75. The first-order chi connectivity index (χ1) is 8.29. The van der Waals surface area contributed by atoms with Gasteiger partial charge in [0.15, 0.2) is 0 Å². The molecule has 17 heavy (non-hydrogen) atoms. The van der Waals surface area contributed by atoms with Gasteiger partial charge in [0.25, 0.3) is 0 Å². The lowest BCUT2D eigenvalue weighted by Gasteiger charge is -2.33. The lowest BCUT2D eigenvalue weighted by Crippen LogP contribution is -2.37. The molecule has 0 aromatic carbocycles. The summed E-state index contributed by atoms with van der Waals surface area (Å²) in [5, 5.41) is 2.16. The number of hydrogen-bond donors (Lipinski definition) is 0. The van der Waals surface area contributed by atoms with E-state index in [4.69, 9.17) is 11.6 Å². The third-order valence-corrected chi connectivity index (χ3v) is 5.29. The van der Waals surface area contributed by atoms with Crippen molar-refractivity contribution in [3.63, 3.8) is 0 Å². The number of hydrogen-bond acceptors (Lipinski definition) is 2. The Morgan fingerprint density at radius 1 is 1.35 bits per heavy atom. The minimum absolute atomic E-state index is 0.739. The molecular formula is C13H19BrClNS. The van der Waals surface area contributed by atoms with Gasteiger partial charge in [-0.3, -0.25) is 4.90 Å². The molecule has 1 heterocycles. The summed E-state index contributed by atoms with van der Waals surface area (Å²) in [5.74, 6) is 0.739. The molecule has 2 rings (SSSR count). The molecule has 0 aliphatic heterocycles. The van der Waals surface area contributed by atoms with Crippen LogP contribution in [0.15, 0.2) is 15.9 Å². The van der Waals surface area contributed by atoms with Crippen molar-refractivity contribution in [1.82, 2.24) is 4.90 Å². The van der Waals surface area contributed by atoms with Gasteiger partial charge in [-0.25, -0.2) is 0 Å². The fourth-order valence-corrected chi connectivity index (χ4v) is 4.28. The van der Waals surface area contributed by atoms with Gasteiger partial charge in [0.05, 0.1) is 0 Å². The molecule has 0 spiro atoms. The van der Waals surface area contributed by atoms with Crippen LogP contribution in [0.4, 0.5) is 0 Å². The molecule has 0 N–H and O–H groups in total. The maximum atomic E-state index is 5.94. The van der Waals surface area contributed by atoms with Crippen molar-refractivity contribution in [3.05, 3.63) is 20.8 Å². The van der Waals surface area contributed by atoms with E-state index in [-0.39, 0.29) is 0 Å². The summed E-state index contributed by atoms with van der Waals surface area (Å²) in [6, 6.07) is 2.98. The van der Waals surface area contributed by atoms with Gasteiger partial charge in [-0.05, 0) is 34.8 Å². The predicted molar refractivity (Wildman–Crippen MR) is 80.0 cm³/mol. The average molecular weight is 337 g/mol. The quantitative estimate of drug-likeness (QED) is 0.692. The number of nitrogens with zero attached hydrogens (tertiary/aromatic N) is 1. The fraction of sp³-hybridized carbons (Fsp3) is 0.692. The second-order valence-corrected chi connectivity index (χ2v) is 6.97. The minimum atomic E-state index is 0.739. The summed E-state index contributed by atoms with van der Waals surface area (Å²) < 4.78 is 1.20. The summed E-state index contributed by atoms with van der Waals surface area (Å²) in [5.41, 5.74) is 0. The van der Waals surface area contributed by atoms with E-state index in [1.807, 2.05) is 11.3 Å². The van der Waals surface area contributed by atoms with Gasteiger partial charge in [0, 0.05) is 39.7 Å². The Hall–Kier alpha value is 0.430. The monoisotopic (exact) mass is 335 g/mol. The molecule has 96 valence electrons. The molecule has 0 unspecified atom stereocenters. The highest BCUT2D eigenvalue weighted by Crippen LogP contribution is 2.26. The Morgan fingerprint density at radius 2 is 2.12 bits per heavy atom. The second kappa shape index (κ2) is 7.13. The van der Waals surface area contributed by atoms with Gasteiger partial charge in [-0.1, -0.05) is 19.3 Å². The zero-order valence-electron chi connectivity index (χ0n) is 10.0. The molecule has 4 heteroatoms. The molecule has 1 aliphatic carbocycles. The van der Waals surface area contributed by atoms with Crippen LogP contribution in [0.3, 0.4) is 0 Å². The summed E-state index contributed by atoms with van der Waals surface area (Å²) in [4.78, 5) is 4.01. The van der Waals surface area contributed by atoms with Crippen molar-refractivity contribution in [1.29, 1.82) is 0 Å².